The lowest BCUT2D eigenvalue weighted by atomic mass is 10.0. The fourth-order valence-corrected chi connectivity index (χ4v) is 6.13. The number of ether oxygens (including phenoxy) is 3. The van der Waals surface area contributed by atoms with E-state index in [1.165, 1.54) is 4.52 Å². The molecule has 0 unspecified atom stereocenters. The summed E-state index contributed by atoms with van der Waals surface area (Å²) in [5, 5.41) is 6.16. The first-order valence-electron chi connectivity index (χ1n) is 15.7. The second kappa shape index (κ2) is 13.8. The molecule has 0 saturated carbocycles. The zero-order valence-corrected chi connectivity index (χ0v) is 26.5. The minimum absolute atomic E-state index is 0.0226. The van der Waals surface area contributed by atoms with Crippen molar-refractivity contribution in [3.05, 3.63) is 87.5 Å². The number of hydrogen-bond acceptors (Lipinski definition) is 8. The number of aromatic nitrogens is 3. The molecule has 242 valence electrons. The zero-order valence-electron chi connectivity index (χ0n) is 26.5. The monoisotopic (exact) mass is 628 g/mol. The van der Waals surface area contributed by atoms with Crippen LogP contribution in [0, 0.1) is 6.92 Å². The molecule has 12 heteroatoms. The van der Waals surface area contributed by atoms with Crippen LogP contribution in [-0.2, 0) is 33.9 Å². The van der Waals surface area contributed by atoms with E-state index >= 15 is 0 Å². The van der Waals surface area contributed by atoms with Gasteiger partial charge >= 0.3 is 0 Å². The smallest absolute Gasteiger partial charge is 0.272 e. The molecule has 4 heterocycles. The molecule has 2 atom stereocenters. The van der Waals surface area contributed by atoms with Gasteiger partial charge in [-0.1, -0.05) is 18.2 Å². The quantitative estimate of drug-likeness (QED) is 0.353. The van der Waals surface area contributed by atoms with Gasteiger partial charge in [0.2, 0.25) is 11.8 Å². The second-order valence-corrected chi connectivity index (χ2v) is 11.9. The lowest BCUT2D eigenvalue weighted by Crippen LogP contribution is -2.56. The van der Waals surface area contributed by atoms with Crippen molar-refractivity contribution in [2.45, 2.75) is 58.4 Å². The molecule has 1 fully saturated rings. The Morgan fingerprint density at radius 1 is 1.04 bits per heavy atom. The molecule has 2 aliphatic heterocycles. The predicted octanol–water partition coefficient (Wildman–Crippen LogP) is 3.20. The molecular formula is C34H40N6O6. The average molecular weight is 629 g/mol. The van der Waals surface area contributed by atoms with Gasteiger partial charge in [-0.2, -0.15) is 0 Å². The van der Waals surface area contributed by atoms with E-state index in [4.69, 9.17) is 14.2 Å². The lowest BCUT2D eigenvalue weighted by Gasteiger charge is -2.39. The summed E-state index contributed by atoms with van der Waals surface area (Å²) in [7, 11) is 1.59. The summed E-state index contributed by atoms with van der Waals surface area (Å²) in [5.41, 5.74) is 3.80. The van der Waals surface area contributed by atoms with Gasteiger partial charge in [0.1, 0.15) is 5.75 Å². The number of fused-ring (bicyclic) bond motifs is 6. The third kappa shape index (κ3) is 7.24. The number of nitrogens with zero attached hydrogens (tertiary/aromatic N) is 4. The zero-order chi connectivity index (χ0) is 32.2. The Morgan fingerprint density at radius 3 is 2.74 bits per heavy atom. The van der Waals surface area contributed by atoms with Crippen LogP contribution in [0.2, 0.25) is 0 Å². The highest BCUT2D eigenvalue weighted by atomic mass is 16.5. The van der Waals surface area contributed by atoms with Crippen molar-refractivity contribution in [1.82, 2.24) is 29.7 Å². The fourth-order valence-electron chi connectivity index (χ4n) is 6.13. The number of benzene rings is 2. The van der Waals surface area contributed by atoms with Crippen LogP contribution in [0.3, 0.4) is 0 Å². The molecule has 2 aromatic heterocycles. The Kier molecular flexibility index (Phi) is 9.36. The molecule has 4 aromatic rings. The van der Waals surface area contributed by atoms with E-state index in [2.05, 4.69) is 20.3 Å². The summed E-state index contributed by atoms with van der Waals surface area (Å²) in [4.78, 5) is 47.6. The normalized spacial score (nSPS) is 19.9. The van der Waals surface area contributed by atoms with Crippen LogP contribution in [0.15, 0.2) is 59.4 Å². The highest BCUT2D eigenvalue weighted by molar-refractivity contribution is 5.85. The fraction of sp³-hybridized carbons (Fsp3) is 0.412. The molecule has 2 amide bonds. The summed E-state index contributed by atoms with van der Waals surface area (Å²) in [6.07, 6.45) is 1.06. The molecule has 0 spiro atoms. The Balaban J connectivity index is 1.25. The van der Waals surface area contributed by atoms with Gasteiger partial charge in [0.15, 0.2) is 17.1 Å². The van der Waals surface area contributed by atoms with Crippen LogP contribution in [0.5, 0.6) is 17.2 Å². The van der Waals surface area contributed by atoms with Crippen molar-refractivity contribution in [1.29, 1.82) is 0 Å². The number of hydrogen-bond donors (Lipinski definition) is 2. The van der Waals surface area contributed by atoms with E-state index in [1.54, 1.807) is 18.1 Å². The number of piperidine rings is 1. The molecule has 0 radical (unpaired) electrons. The predicted molar refractivity (Wildman–Crippen MR) is 171 cm³/mol. The SMILES string of the molecule is CCN1CC(=O)N[C@H]2CCN(Cc3cc(=O)n4[nH]c(C)cc4n3)C[C@@H]2OCc2cccc(c2)Oc2cc(ccc2OC)CCC1=O. The molecule has 12 nitrogen and oxygen atoms in total. The van der Waals surface area contributed by atoms with Crippen LogP contribution in [-0.4, -0.2) is 81.6 Å². The van der Waals surface area contributed by atoms with E-state index in [-0.39, 0.29) is 42.5 Å². The lowest BCUT2D eigenvalue weighted by molar-refractivity contribution is -0.136. The van der Waals surface area contributed by atoms with Gasteiger partial charge < -0.3 is 24.4 Å². The number of methoxy groups -OCH3 is 1. The van der Waals surface area contributed by atoms with E-state index in [0.717, 1.165) is 16.8 Å². The second-order valence-electron chi connectivity index (χ2n) is 11.9. The number of rotatable bonds is 4. The van der Waals surface area contributed by atoms with Crippen molar-refractivity contribution in [2.75, 3.05) is 33.3 Å². The summed E-state index contributed by atoms with van der Waals surface area (Å²) in [6.45, 7) is 6.13. The number of likely N-dealkylation sites (N-methyl/N-ethyl adjacent to an activating group) is 1. The van der Waals surface area contributed by atoms with Crippen LogP contribution in [0.1, 0.15) is 42.3 Å². The molecule has 0 aliphatic carbocycles. The maximum absolute atomic E-state index is 13.3. The number of aromatic amines is 1. The van der Waals surface area contributed by atoms with Gasteiger partial charge in [-0.05, 0) is 62.1 Å². The Morgan fingerprint density at radius 2 is 1.91 bits per heavy atom. The Labute approximate surface area is 267 Å². The van der Waals surface area contributed by atoms with Crippen molar-refractivity contribution in [3.63, 3.8) is 0 Å². The number of aryl methyl sites for hydroxylation is 2. The minimum atomic E-state index is -0.344. The maximum Gasteiger partial charge on any atom is 0.272 e. The van der Waals surface area contributed by atoms with Crippen LogP contribution in [0.4, 0.5) is 0 Å². The van der Waals surface area contributed by atoms with Crippen molar-refractivity contribution >= 4 is 17.5 Å². The van der Waals surface area contributed by atoms with Gasteiger partial charge in [-0.15, -0.1) is 0 Å². The molecular weight excluding hydrogens is 588 g/mol. The first kappa shape index (κ1) is 31.3. The van der Waals surface area contributed by atoms with E-state index in [0.29, 0.717) is 74.2 Å². The summed E-state index contributed by atoms with van der Waals surface area (Å²) >= 11 is 0. The van der Waals surface area contributed by atoms with Crippen molar-refractivity contribution in [3.8, 4) is 17.2 Å². The van der Waals surface area contributed by atoms with E-state index in [1.807, 2.05) is 62.4 Å². The number of amides is 2. The van der Waals surface area contributed by atoms with Gasteiger partial charge in [0.25, 0.3) is 5.56 Å². The molecule has 1 saturated heterocycles. The van der Waals surface area contributed by atoms with Crippen molar-refractivity contribution < 1.29 is 23.8 Å². The summed E-state index contributed by atoms with van der Waals surface area (Å²) < 4.78 is 19.7. The number of likely N-dealkylation sites (tertiary alicyclic amines) is 1. The number of carbonyl (C=O) groups is 2. The first-order valence-corrected chi connectivity index (χ1v) is 15.7. The largest absolute Gasteiger partial charge is 0.493 e. The summed E-state index contributed by atoms with van der Waals surface area (Å²) in [6, 6.07) is 16.5. The average Bonchev–Trinajstić information content (AvgIpc) is 3.43. The first-order chi connectivity index (χ1) is 22.3. The maximum atomic E-state index is 13.3. The molecule has 46 heavy (non-hydrogen) atoms. The van der Waals surface area contributed by atoms with Crippen LogP contribution >= 0.6 is 0 Å². The van der Waals surface area contributed by atoms with Gasteiger partial charge in [0, 0.05) is 50.4 Å². The molecule has 4 bridgehead atoms. The van der Waals surface area contributed by atoms with E-state index < -0.39 is 0 Å². The number of carbonyl (C=O) groups excluding carboxylic acids is 2. The third-order valence-corrected chi connectivity index (χ3v) is 8.52. The molecule has 2 N–H and O–H groups in total. The number of H-pyrrole nitrogens is 1. The third-order valence-electron chi connectivity index (χ3n) is 8.52. The van der Waals surface area contributed by atoms with Gasteiger partial charge in [0.05, 0.1) is 38.1 Å². The highest BCUT2D eigenvalue weighted by Crippen LogP contribution is 2.33. The molecule has 2 aliphatic rings. The van der Waals surface area contributed by atoms with Crippen LogP contribution in [0.25, 0.3) is 5.65 Å². The highest BCUT2D eigenvalue weighted by Gasteiger charge is 2.32. The number of nitrogens with one attached hydrogen (secondary N) is 2. The standard InChI is InChI=1S/C34H40N6O6/c1-4-39-20-32(41)36-27-12-13-38(18-25-17-34(43)40-31(35-25)14-22(2)37-40)19-30(27)45-21-24-6-5-7-26(15-24)46-29-16-23(9-11-33(39)42)8-10-28(29)44-3/h5-8,10,14-17,27,30,37H,4,9,11-13,18-21H2,1-3H3,(H,36,41)/t27-,30-/m0/s1. The van der Waals surface area contributed by atoms with Crippen molar-refractivity contribution in [2.24, 2.45) is 0 Å². The van der Waals surface area contributed by atoms with Gasteiger partial charge in [-0.3, -0.25) is 24.4 Å². The Bertz CT molecular complexity index is 1780. The minimum Gasteiger partial charge on any atom is -0.493 e. The molecule has 6 rings (SSSR count). The topological polar surface area (TPSA) is 130 Å². The van der Waals surface area contributed by atoms with Gasteiger partial charge in [-0.25, -0.2) is 9.50 Å². The Hall–Kier alpha value is -4.68. The van der Waals surface area contributed by atoms with E-state index in [9.17, 15) is 14.4 Å². The van der Waals surface area contributed by atoms with Crippen LogP contribution < -0.4 is 20.3 Å². The summed E-state index contributed by atoms with van der Waals surface area (Å²) in [5.74, 6) is 1.47. The molecule has 2 aromatic carbocycles.